The molecule has 2 heterocycles. The van der Waals surface area contributed by atoms with Crippen molar-refractivity contribution in [2.45, 2.75) is 37.2 Å². The van der Waals surface area contributed by atoms with E-state index in [0.29, 0.717) is 22.9 Å². The number of amides is 4. The zero-order valence-electron chi connectivity index (χ0n) is 21.4. The van der Waals surface area contributed by atoms with Crippen LogP contribution in [0.1, 0.15) is 26.3 Å². The summed E-state index contributed by atoms with van der Waals surface area (Å²) in [5.41, 5.74) is 1.23. The van der Waals surface area contributed by atoms with E-state index in [-0.39, 0.29) is 17.3 Å². The zero-order chi connectivity index (χ0) is 28.4. The van der Waals surface area contributed by atoms with Gasteiger partial charge in [-0.3, -0.25) is 19.8 Å². The highest BCUT2D eigenvalue weighted by Gasteiger charge is 2.50. The van der Waals surface area contributed by atoms with Gasteiger partial charge in [0.1, 0.15) is 24.8 Å². The summed E-state index contributed by atoms with van der Waals surface area (Å²) < 4.78 is 44.1. The van der Waals surface area contributed by atoms with Crippen LogP contribution < -0.4 is 24.9 Å². The minimum Gasteiger partial charge on any atom is -0.486 e. The van der Waals surface area contributed by atoms with Crippen LogP contribution in [0, 0.1) is 5.92 Å². The van der Waals surface area contributed by atoms with Gasteiger partial charge in [-0.05, 0) is 30.5 Å². The molecule has 0 unspecified atom stereocenters. The van der Waals surface area contributed by atoms with E-state index in [4.69, 9.17) is 14.2 Å². The molecule has 1 fully saturated rings. The molecule has 13 nitrogen and oxygen atoms in total. The van der Waals surface area contributed by atoms with Gasteiger partial charge in [0.2, 0.25) is 10.0 Å². The van der Waals surface area contributed by atoms with Gasteiger partial charge < -0.3 is 19.5 Å². The highest BCUT2D eigenvalue weighted by atomic mass is 32.2. The first kappa shape index (κ1) is 27.9. The number of hydrogen-bond acceptors (Lipinski definition) is 9. The molecule has 2 aliphatic heterocycles. The predicted molar refractivity (Wildman–Crippen MR) is 135 cm³/mol. The third-order valence-electron chi connectivity index (χ3n) is 6.15. The first-order valence-corrected chi connectivity index (χ1v) is 13.5. The second-order valence-electron chi connectivity index (χ2n) is 9.35. The minimum atomic E-state index is -4.19. The van der Waals surface area contributed by atoms with Crippen molar-refractivity contribution in [2.75, 3.05) is 19.8 Å². The van der Waals surface area contributed by atoms with Gasteiger partial charge in [0, 0.05) is 6.07 Å². The first-order chi connectivity index (χ1) is 18.4. The standard InChI is InChI=1S/C25H28N4O9S/c1-15(2)21(28-39(34,35)17-9-10-18-19(13-17)37-12-11-36-18)22(31)38-14-20(30)27-29-23(32)25(3,26-24(29)33)16-7-5-4-6-8-16/h4-10,13,15,21,28H,11-12,14H2,1-3H3,(H,26,33)(H,27,30)/t21-,25+/m1/s1. The van der Waals surface area contributed by atoms with Gasteiger partial charge in [-0.2, -0.15) is 9.73 Å². The lowest BCUT2D eigenvalue weighted by molar-refractivity contribution is -0.152. The van der Waals surface area contributed by atoms with Crippen LogP contribution in [0.15, 0.2) is 53.4 Å². The SMILES string of the molecule is CC(C)[C@@H](NS(=O)(=O)c1ccc2c(c1)OCCO2)C(=O)OCC(=O)NN1C(=O)N[C@@](C)(c2ccccc2)C1=O. The van der Waals surface area contributed by atoms with E-state index in [1.807, 2.05) is 0 Å². The average Bonchev–Trinajstić information content (AvgIpc) is 3.14. The number of hydrazine groups is 1. The lowest BCUT2D eigenvalue weighted by Crippen LogP contribution is -2.50. The predicted octanol–water partition coefficient (Wildman–Crippen LogP) is 0.802. The van der Waals surface area contributed by atoms with E-state index in [2.05, 4.69) is 15.5 Å². The van der Waals surface area contributed by atoms with E-state index >= 15 is 0 Å². The quantitative estimate of drug-likeness (QED) is 0.297. The van der Waals surface area contributed by atoms with Crippen LogP contribution in [0.3, 0.4) is 0 Å². The molecular formula is C25H28N4O9S. The molecule has 4 amide bonds. The van der Waals surface area contributed by atoms with Crippen molar-refractivity contribution >= 4 is 33.8 Å². The average molecular weight is 561 g/mol. The maximum Gasteiger partial charge on any atom is 0.344 e. The summed E-state index contributed by atoms with van der Waals surface area (Å²) in [6.45, 7) is 4.42. The molecule has 0 saturated carbocycles. The van der Waals surface area contributed by atoms with Crippen molar-refractivity contribution in [1.29, 1.82) is 0 Å². The van der Waals surface area contributed by atoms with E-state index < -0.39 is 57.9 Å². The fourth-order valence-corrected chi connectivity index (χ4v) is 5.32. The van der Waals surface area contributed by atoms with Crippen LogP contribution in [0.4, 0.5) is 4.79 Å². The highest BCUT2D eigenvalue weighted by Crippen LogP contribution is 2.32. The monoisotopic (exact) mass is 560 g/mol. The van der Waals surface area contributed by atoms with Crippen molar-refractivity contribution in [3.63, 3.8) is 0 Å². The molecular weight excluding hydrogens is 532 g/mol. The summed E-state index contributed by atoms with van der Waals surface area (Å²) in [4.78, 5) is 50.4. The molecule has 0 aromatic heterocycles. The lowest BCUT2D eigenvalue weighted by atomic mass is 9.92. The smallest absolute Gasteiger partial charge is 0.344 e. The number of carbonyl (C=O) groups is 4. The molecule has 0 bridgehead atoms. The molecule has 2 aromatic carbocycles. The van der Waals surface area contributed by atoms with Crippen molar-refractivity contribution in [2.24, 2.45) is 5.92 Å². The number of fused-ring (bicyclic) bond motifs is 1. The van der Waals surface area contributed by atoms with Gasteiger partial charge in [-0.1, -0.05) is 44.2 Å². The Bertz CT molecular complexity index is 1400. The molecule has 0 aliphatic carbocycles. The van der Waals surface area contributed by atoms with Crippen molar-refractivity contribution in [3.8, 4) is 11.5 Å². The number of hydrogen-bond donors (Lipinski definition) is 3. The van der Waals surface area contributed by atoms with Gasteiger partial charge in [0.15, 0.2) is 18.1 Å². The zero-order valence-corrected chi connectivity index (χ0v) is 22.2. The molecule has 3 N–H and O–H groups in total. The number of nitrogens with one attached hydrogen (secondary N) is 3. The van der Waals surface area contributed by atoms with E-state index in [1.165, 1.54) is 25.1 Å². The van der Waals surface area contributed by atoms with Crippen LogP contribution in [0.25, 0.3) is 0 Å². The van der Waals surface area contributed by atoms with E-state index in [1.54, 1.807) is 44.2 Å². The number of benzene rings is 2. The normalized spacial score (nSPS) is 19.4. The summed E-state index contributed by atoms with van der Waals surface area (Å²) in [6.07, 6.45) is 0. The third-order valence-corrected chi connectivity index (χ3v) is 7.59. The number of urea groups is 1. The Hall–Kier alpha value is -4.17. The van der Waals surface area contributed by atoms with Crippen LogP contribution in [-0.2, 0) is 34.7 Å². The number of ether oxygens (including phenoxy) is 3. The van der Waals surface area contributed by atoms with Gasteiger partial charge >= 0.3 is 12.0 Å². The van der Waals surface area contributed by atoms with Crippen LogP contribution in [0.2, 0.25) is 0 Å². The van der Waals surface area contributed by atoms with Crippen molar-refractivity contribution < 1.29 is 41.8 Å². The fourth-order valence-electron chi connectivity index (χ4n) is 3.97. The molecule has 0 radical (unpaired) electrons. The van der Waals surface area contributed by atoms with Crippen molar-refractivity contribution in [3.05, 3.63) is 54.1 Å². The summed E-state index contributed by atoms with van der Waals surface area (Å²) in [7, 11) is -4.19. The Labute approximate surface area is 224 Å². The summed E-state index contributed by atoms with van der Waals surface area (Å²) in [5.74, 6) is -2.61. The Balaban J connectivity index is 1.37. The number of rotatable bonds is 9. The summed E-state index contributed by atoms with van der Waals surface area (Å²) >= 11 is 0. The second-order valence-corrected chi connectivity index (χ2v) is 11.1. The van der Waals surface area contributed by atoms with E-state index in [0.717, 1.165) is 0 Å². The maximum atomic E-state index is 13.0. The van der Waals surface area contributed by atoms with Crippen LogP contribution in [0.5, 0.6) is 11.5 Å². The Kier molecular flexibility index (Phi) is 7.79. The molecule has 39 heavy (non-hydrogen) atoms. The van der Waals surface area contributed by atoms with Gasteiger partial charge in [0.05, 0.1) is 4.90 Å². The number of nitrogens with zero attached hydrogens (tertiary/aromatic N) is 1. The minimum absolute atomic E-state index is 0.150. The number of imide groups is 1. The first-order valence-electron chi connectivity index (χ1n) is 12.0. The highest BCUT2D eigenvalue weighted by molar-refractivity contribution is 7.89. The summed E-state index contributed by atoms with van der Waals surface area (Å²) in [5, 5.41) is 3.04. The van der Waals surface area contributed by atoms with Gasteiger partial charge in [0.25, 0.3) is 11.8 Å². The Morgan fingerprint density at radius 1 is 1.08 bits per heavy atom. The van der Waals surface area contributed by atoms with Gasteiger partial charge in [-0.15, -0.1) is 0 Å². The van der Waals surface area contributed by atoms with Crippen LogP contribution in [-0.4, -0.2) is 63.1 Å². The molecule has 1 saturated heterocycles. The molecule has 14 heteroatoms. The molecule has 0 spiro atoms. The van der Waals surface area contributed by atoms with E-state index in [9.17, 15) is 27.6 Å². The molecule has 2 aromatic rings. The van der Waals surface area contributed by atoms with Gasteiger partial charge in [-0.25, -0.2) is 13.2 Å². The topological polar surface area (TPSA) is 169 Å². The maximum absolute atomic E-state index is 13.0. The Morgan fingerprint density at radius 3 is 2.41 bits per heavy atom. The molecule has 208 valence electrons. The number of carbonyl (C=O) groups excluding carboxylic acids is 4. The summed E-state index contributed by atoms with van der Waals surface area (Å²) in [6, 6.07) is 10.3. The number of sulfonamides is 1. The second kappa shape index (κ2) is 10.9. The fraction of sp³-hybridized carbons (Fsp3) is 0.360. The van der Waals surface area contributed by atoms with Crippen LogP contribution >= 0.6 is 0 Å². The lowest BCUT2D eigenvalue weighted by Gasteiger charge is -2.23. The molecule has 2 atom stereocenters. The molecule has 2 aliphatic rings. The third kappa shape index (κ3) is 5.81. The number of esters is 1. The van der Waals surface area contributed by atoms with Crippen molar-refractivity contribution in [1.82, 2.24) is 20.5 Å². The largest absolute Gasteiger partial charge is 0.486 e. The molecule has 4 rings (SSSR count). The Morgan fingerprint density at radius 2 is 1.74 bits per heavy atom.